The number of ether oxygens (including phenoxy) is 2. The van der Waals surface area contributed by atoms with Crippen LogP contribution in [0.2, 0.25) is 0 Å². The summed E-state index contributed by atoms with van der Waals surface area (Å²) in [5.41, 5.74) is 4.09. The molecule has 4 rings (SSSR count). The van der Waals surface area contributed by atoms with Gasteiger partial charge in [0.15, 0.2) is 0 Å². The minimum atomic E-state index is -0.0871. The molecule has 4 aromatic rings. The van der Waals surface area contributed by atoms with Crippen molar-refractivity contribution in [3.63, 3.8) is 0 Å². The van der Waals surface area contributed by atoms with Crippen molar-refractivity contribution in [3.05, 3.63) is 71.5 Å². The van der Waals surface area contributed by atoms with Crippen molar-refractivity contribution >= 4 is 27.7 Å². The zero-order chi connectivity index (χ0) is 21.8. The van der Waals surface area contributed by atoms with E-state index in [4.69, 9.17) is 9.47 Å². The third-order valence-corrected chi connectivity index (χ3v) is 5.50. The molecule has 6 heteroatoms. The van der Waals surface area contributed by atoms with Gasteiger partial charge in [-0.15, -0.1) is 0 Å². The Balaban J connectivity index is 1.87. The lowest BCUT2D eigenvalue weighted by molar-refractivity contribution is 0.0762. The molecule has 0 aliphatic carbocycles. The van der Waals surface area contributed by atoms with Crippen molar-refractivity contribution in [3.8, 4) is 5.75 Å². The van der Waals surface area contributed by atoms with Crippen molar-refractivity contribution in [1.29, 1.82) is 0 Å². The van der Waals surface area contributed by atoms with Crippen molar-refractivity contribution in [1.82, 2.24) is 14.9 Å². The number of amides is 1. The first-order valence-electron chi connectivity index (χ1n) is 10.5. The fourth-order valence-corrected chi connectivity index (χ4v) is 3.96. The first kappa shape index (κ1) is 20.9. The molecule has 2 heterocycles. The predicted molar refractivity (Wildman–Crippen MR) is 122 cm³/mol. The van der Waals surface area contributed by atoms with Crippen LogP contribution in [0.1, 0.15) is 35.5 Å². The minimum Gasteiger partial charge on any atom is -0.488 e. The molecular weight excluding hydrogens is 390 g/mol. The highest BCUT2D eigenvalue weighted by atomic mass is 16.5. The average molecular weight is 418 g/mol. The monoisotopic (exact) mass is 417 g/mol. The van der Waals surface area contributed by atoms with Crippen molar-refractivity contribution in [2.75, 3.05) is 20.2 Å². The molecular formula is C25H27N3O3. The lowest BCUT2D eigenvalue weighted by atomic mass is 10.0. The van der Waals surface area contributed by atoms with Gasteiger partial charge < -0.3 is 19.4 Å². The van der Waals surface area contributed by atoms with Crippen LogP contribution < -0.4 is 4.74 Å². The highest BCUT2D eigenvalue weighted by Gasteiger charge is 2.23. The molecule has 31 heavy (non-hydrogen) atoms. The van der Waals surface area contributed by atoms with Gasteiger partial charge in [-0.25, -0.2) is 4.98 Å². The van der Waals surface area contributed by atoms with Crippen LogP contribution in [-0.4, -0.2) is 41.0 Å². The summed E-state index contributed by atoms with van der Waals surface area (Å²) >= 11 is 0. The number of hydrogen-bond donors (Lipinski definition) is 1. The fraction of sp³-hybridized carbons (Fsp3) is 0.280. The molecule has 0 unspecified atom stereocenters. The van der Waals surface area contributed by atoms with E-state index in [0.29, 0.717) is 25.4 Å². The van der Waals surface area contributed by atoms with Crippen LogP contribution in [-0.2, 0) is 18.0 Å². The van der Waals surface area contributed by atoms with Crippen molar-refractivity contribution in [2.45, 2.75) is 27.1 Å². The normalized spacial score (nSPS) is 11.2. The molecule has 2 aromatic carbocycles. The number of hydrogen-bond acceptors (Lipinski definition) is 4. The van der Waals surface area contributed by atoms with E-state index in [9.17, 15) is 4.79 Å². The van der Waals surface area contributed by atoms with E-state index in [2.05, 4.69) is 9.97 Å². The number of fused-ring (bicyclic) bond motifs is 3. The Kier molecular flexibility index (Phi) is 6.18. The van der Waals surface area contributed by atoms with Gasteiger partial charge in [0, 0.05) is 36.5 Å². The van der Waals surface area contributed by atoms with E-state index in [-0.39, 0.29) is 12.5 Å². The molecule has 0 saturated heterocycles. The van der Waals surface area contributed by atoms with Gasteiger partial charge in [0.2, 0.25) is 0 Å². The number of carbonyl (C=O) groups excluding carboxylic acids is 1. The van der Waals surface area contributed by atoms with Gasteiger partial charge in [-0.1, -0.05) is 36.4 Å². The Morgan fingerprint density at radius 3 is 2.45 bits per heavy atom. The van der Waals surface area contributed by atoms with Gasteiger partial charge in [0.1, 0.15) is 18.1 Å². The highest BCUT2D eigenvalue weighted by molar-refractivity contribution is 6.14. The van der Waals surface area contributed by atoms with E-state index in [0.717, 1.165) is 38.7 Å². The van der Waals surface area contributed by atoms with Gasteiger partial charge in [0.25, 0.3) is 5.91 Å². The van der Waals surface area contributed by atoms with Crippen LogP contribution >= 0.6 is 0 Å². The highest BCUT2D eigenvalue weighted by Crippen LogP contribution is 2.36. The third-order valence-electron chi connectivity index (χ3n) is 5.50. The largest absolute Gasteiger partial charge is 0.488 e. The third kappa shape index (κ3) is 3.99. The van der Waals surface area contributed by atoms with Crippen molar-refractivity contribution in [2.24, 2.45) is 0 Å². The van der Waals surface area contributed by atoms with Gasteiger partial charge in [-0.3, -0.25) is 4.79 Å². The Morgan fingerprint density at radius 2 is 1.74 bits per heavy atom. The number of H-pyrrole nitrogens is 1. The Morgan fingerprint density at radius 1 is 0.968 bits per heavy atom. The molecule has 0 atom stereocenters. The molecule has 0 aliphatic heterocycles. The summed E-state index contributed by atoms with van der Waals surface area (Å²) in [6.07, 6.45) is 1.73. The molecule has 0 spiro atoms. The van der Waals surface area contributed by atoms with Crippen LogP contribution in [0, 0.1) is 0 Å². The molecule has 2 aromatic heterocycles. The van der Waals surface area contributed by atoms with Gasteiger partial charge in [-0.2, -0.15) is 0 Å². The Bertz CT molecular complexity index is 1200. The van der Waals surface area contributed by atoms with Gasteiger partial charge in [0.05, 0.1) is 23.8 Å². The molecule has 0 bridgehead atoms. The van der Waals surface area contributed by atoms with E-state index >= 15 is 0 Å². The van der Waals surface area contributed by atoms with Crippen LogP contribution in [0.3, 0.4) is 0 Å². The summed E-state index contributed by atoms with van der Waals surface area (Å²) in [5.74, 6) is 0.674. The summed E-state index contributed by atoms with van der Waals surface area (Å²) in [7, 11) is 1.63. The van der Waals surface area contributed by atoms with Gasteiger partial charge >= 0.3 is 0 Å². The molecule has 0 aliphatic rings. The maximum absolute atomic E-state index is 13.2. The smallest absolute Gasteiger partial charge is 0.272 e. The molecule has 1 N–H and O–H groups in total. The number of methoxy groups -OCH3 is 1. The maximum Gasteiger partial charge on any atom is 0.272 e. The molecule has 1 amide bonds. The Hall–Kier alpha value is -3.38. The second-order valence-corrected chi connectivity index (χ2v) is 7.36. The first-order valence-corrected chi connectivity index (χ1v) is 10.5. The van der Waals surface area contributed by atoms with E-state index in [1.165, 1.54) is 0 Å². The lowest BCUT2D eigenvalue weighted by Crippen LogP contribution is -2.32. The van der Waals surface area contributed by atoms with Crippen LogP contribution in [0.25, 0.3) is 21.8 Å². The fourth-order valence-electron chi connectivity index (χ4n) is 3.96. The number of rotatable bonds is 8. The second kappa shape index (κ2) is 9.18. The molecule has 0 radical (unpaired) electrons. The predicted octanol–water partition coefficient (Wildman–Crippen LogP) is 4.92. The van der Waals surface area contributed by atoms with E-state index in [1.54, 1.807) is 18.2 Å². The summed E-state index contributed by atoms with van der Waals surface area (Å²) in [6.45, 7) is 5.94. The van der Waals surface area contributed by atoms with Crippen LogP contribution in [0.5, 0.6) is 5.75 Å². The summed E-state index contributed by atoms with van der Waals surface area (Å²) < 4.78 is 11.7. The topological polar surface area (TPSA) is 67.5 Å². The minimum absolute atomic E-state index is 0.0871. The number of aromatic nitrogens is 2. The van der Waals surface area contributed by atoms with Crippen LogP contribution in [0.4, 0.5) is 0 Å². The number of pyridine rings is 1. The summed E-state index contributed by atoms with van der Waals surface area (Å²) in [6, 6.07) is 16.0. The van der Waals surface area contributed by atoms with Crippen LogP contribution in [0.15, 0.2) is 54.7 Å². The summed E-state index contributed by atoms with van der Waals surface area (Å²) in [5, 5.41) is 1.86. The van der Waals surface area contributed by atoms with Crippen molar-refractivity contribution < 1.29 is 14.3 Å². The second-order valence-electron chi connectivity index (χ2n) is 7.36. The van der Waals surface area contributed by atoms with E-state index in [1.807, 2.05) is 62.4 Å². The zero-order valence-corrected chi connectivity index (χ0v) is 18.1. The first-order chi connectivity index (χ1) is 15.2. The Labute approximate surface area is 181 Å². The lowest BCUT2D eigenvalue weighted by Gasteiger charge is -2.20. The standard InChI is InChI=1S/C25H27N3O3/c1-4-28(5-2)25(29)24-18(16-30-3)22-20(14-26-24)27-19-12-9-13-21(23(19)22)31-15-17-10-7-6-8-11-17/h6-14,27H,4-5,15-16H2,1-3H3. The molecule has 160 valence electrons. The molecule has 0 fully saturated rings. The average Bonchev–Trinajstić information content (AvgIpc) is 3.19. The number of benzene rings is 2. The van der Waals surface area contributed by atoms with E-state index < -0.39 is 0 Å². The quantitative estimate of drug-likeness (QED) is 0.442. The van der Waals surface area contributed by atoms with Gasteiger partial charge in [-0.05, 0) is 31.5 Å². The number of carbonyl (C=O) groups is 1. The summed E-state index contributed by atoms with van der Waals surface area (Å²) in [4.78, 5) is 22.9. The zero-order valence-electron chi connectivity index (χ0n) is 18.1. The molecule has 0 saturated carbocycles. The number of aromatic amines is 1. The molecule has 6 nitrogen and oxygen atoms in total. The number of nitrogens with one attached hydrogen (secondary N) is 1. The maximum atomic E-state index is 13.2. The number of nitrogens with zero attached hydrogens (tertiary/aromatic N) is 2. The SMILES string of the molecule is CCN(CC)C(=O)c1ncc2[nH]c3cccc(OCc4ccccc4)c3c2c1COC.